The van der Waals surface area contributed by atoms with Crippen LogP contribution in [-0.4, -0.2) is 22.1 Å². The van der Waals surface area contributed by atoms with E-state index in [4.69, 9.17) is 22.1 Å². The third kappa shape index (κ3) is 2.91. The van der Waals surface area contributed by atoms with Crippen LogP contribution in [0.5, 0.6) is 5.75 Å². The van der Waals surface area contributed by atoms with Crippen LogP contribution in [0.15, 0.2) is 48.2 Å². The molecule has 0 aliphatic carbocycles. The van der Waals surface area contributed by atoms with Crippen molar-refractivity contribution in [1.82, 2.24) is 15.0 Å². The first-order valence-electron chi connectivity index (χ1n) is 7.71. The van der Waals surface area contributed by atoms with Crippen molar-refractivity contribution in [1.29, 1.82) is 0 Å². The predicted molar refractivity (Wildman–Crippen MR) is 106 cm³/mol. The number of hydrogen-bond donors (Lipinski definition) is 2. The standard InChI is InChI=1S/C18H14ClN5OS/c1-25-16-14(5-3-11(15(16)19)18-21-6-7-26-18)24-17-12-8-10(20)2-4-13(12)22-9-23-17/h2-9H,20H2,1H3,(H,22,23,24). The number of methoxy groups -OCH3 is 1. The van der Waals surface area contributed by atoms with E-state index in [1.54, 1.807) is 19.4 Å². The molecule has 0 saturated heterocycles. The number of thiazole rings is 1. The van der Waals surface area contributed by atoms with Gasteiger partial charge in [-0.05, 0) is 30.3 Å². The topological polar surface area (TPSA) is 86.0 Å². The Morgan fingerprint density at radius 1 is 1.15 bits per heavy atom. The van der Waals surface area contributed by atoms with Crippen molar-refractivity contribution in [3.8, 4) is 16.3 Å². The highest BCUT2D eigenvalue weighted by molar-refractivity contribution is 7.13. The van der Waals surface area contributed by atoms with Crippen molar-refractivity contribution in [2.24, 2.45) is 0 Å². The van der Waals surface area contributed by atoms with Gasteiger partial charge in [0, 0.05) is 28.2 Å². The Bertz CT molecular complexity index is 1080. The number of hydrogen-bond acceptors (Lipinski definition) is 7. The molecule has 2 heterocycles. The number of nitrogens with one attached hydrogen (secondary N) is 1. The van der Waals surface area contributed by atoms with Crippen LogP contribution < -0.4 is 15.8 Å². The number of nitrogens with zero attached hydrogens (tertiary/aromatic N) is 3. The Morgan fingerprint density at radius 2 is 2.04 bits per heavy atom. The minimum Gasteiger partial charge on any atom is -0.493 e. The van der Waals surface area contributed by atoms with Crippen LogP contribution in [0.1, 0.15) is 0 Å². The lowest BCUT2D eigenvalue weighted by Gasteiger charge is -2.15. The molecule has 2 aromatic carbocycles. The summed E-state index contributed by atoms with van der Waals surface area (Å²) in [6.07, 6.45) is 3.24. The molecule has 6 nitrogen and oxygen atoms in total. The molecule has 0 aliphatic rings. The van der Waals surface area contributed by atoms with E-state index in [0.29, 0.717) is 28.0 Å². The quantitative estimate of drug-likeness (QED) is 0.495. The van der Waals surface area contributed by atoms with Crippen molar-refractivity contribution in [2.45, 2.75) is 0 Å². The lowest BCUT2D eigenvalue weighted by Crippen LogP contribution is -2.00. The van der Waals surface area contributed by atoms with Crippen LogP contribution in [-0.2, 0) is 0 Å². The van der Waals surface area contributed by atoms with E-state index in [1.165, 1.54) is 17.7 Å². The van der Waals surface area contributed by atoms with Gasteiger partial charge in [-0.3, -0.25) is 0 Å². The lowest BCUT2D eigenvalue weighted by atomic mass is 10.1. The first-order valence-corrected chi connectivity index (χ1v) is 8.96. The summed E-state index contributed by atoms with van der Waals surface area (Å²) in [4.78, 5) is 12.9. The van der Waals surface area contributed by atoms with E-state index >= 15 is 0 Å². The van der Waals surface area contributed by atoms with Crippen LogP contribution in [0.2, 0.25) is 5.02 Å². The molecule has 8 heteroatoms. The van der Waals surface area contributed by atoms with Gasteiger partial charge in [-0.25, -0.2) is 15.0 Å². The fraction of sp³-hybridized carbons (Fsp3) is 0.0556. The van der Waals surface area contributed by atoms with Gasteiger partial charge >= 0.3 is 0 Å². The molecule has 0 saturated carbocycles. The van der Waals surface area contributed by atoms with Crippen LogP contribution in [0, 0.1) is 0 Å². The second-order valence-corrected chi connectivity index (χ2v) is 6.74. The third-order valence-electron chi connectivity index (χ3n) is 3.88. The van der Waals surface area contributed by atoms with Gasteiger partial charge in [0.25, 0.3) is 0 Å². The minimum absolute atomic E-state index is 0.491. The lowest BCUT2D eigenvalue weighted by molar-refractivity contribution is 0.417. The zero-order valence-electron chi connectivity index (χ0n) is 13.7. The van der Waals surface area contributed by atoms with Crippen molar-refractivity contribution in [3.05, 3.63) is 53.3 Å². The Morgan fingerprint density at radius 3 is 2.81 bits per heavy atom. The van der Waals surface area contributed by atoms with Crippen molar-refractivity contribution in [2.75, 3.05) is 18.2 Å². The van der Waals surface area contributed by atoms with Gasteiger partial charge in [0.1, 0.15) is 17.2 Å². The minimum atomic E-state index is 0.491. The van der Waals surface area contributed by atoms with Crippen molar-refractivity contribution in [3.63, 3.8) is 0 Å². The monoisotopic (exact) mass is 383 g/mol. The van der Waals surface area contributed by atoms with E-state index in [2.05, 4.69) is 20.3 Å². The second kappa shape index (κ2) is 6.78. The Hall–Kier alpha value is -2.90. The SMILES string of the molecule is COc1c(Nc2ncnc3ccc(N)cc23)ccc(-c2nccs2)c1Cl. The molecule has 0 bridgehead atoms. The summed E-state index contributed by atoms with van der Waals surface area (Å²) in [5, 5.41) is 7.32. The van der Waals surface area contributed by atoms with E-state index in [0.717, 1.165) is 21.5 Å². The smallest absolute Gasteiger partial charge is 0.161 e. The molecule has 0 atom stereocenters. The summed E-state index contributed by atoms with van der Waals surface area (Å²) < 4.78 is 5.54. The van der Waals surface area contributed by atoms with Gasteiger partial charge in [-0.15, -0.1) is 11.3 Å². The highest BCUT2D eigenvalue weighted by Crippen LogP contribution is 2.42. The van der Waals surface area contributed by atoms with E-state index in [9.17, 15) is 0 Å². The molecule has 2 aromatic heterocycles. The maximum atomic E-state index is 6.56. The molecule has 0 unspecified atom stereocenters. The van der Waals surface area contributed by atoms with E-state index in [-0.39, 0.29) is 0 Å². The molecule has 26 heavy (non-hydrogen) atoms. The summed E-state index contributed by atoms with van der Waals surface area (Å²) in [5.41, 5.74) is 8.85. The summed E-state index contributed by atoms with van der Waals surface area (Å²) in [7, 11) is 1.58. The molecule has 0 aliphatic heterocycles. The normalized spacial score (nSPS) is 10.8. The summed E-state index contributed by atoms with van der Waals surface area (Å²) in [6, 6.07) is 9.29. The van der Waals surface area contributed by atoms with Crippen LogP contribution in [0.3, 0.4) is 0 Å². The molecule has 0 spiro atoms. The number of ether oxygens (including phenoxy) is 1. The summed E-state index contributed by atoms with van der Waals surface area (Å²) >= 11 is 8.08. The maximum Gasteiger partial charge on any atom is 0.161 e. The van der Waals surface area contributed by atoms with Crippen molar-refractivity contribution < 1.29 is 4.74 Å². The number of rotatable bonds is 4. The van der Waals surface area contributed by atoms with E-state index < -0.39 is 0 Å². The van der Waals surface area contributed by atoms with Crippen LogP contribution in [0.25, 0.3) is 21.5 Å². The number of halogens is 1. The first-order chi connectivity index (χ1) is 12.7. The Kier molecular flexibility index (Phi) is 4.32. The molecule has 0 radical (unpaired) electrons. The van der Waals surface area contributed by atoms with Gasteiger partial charge in [0.05, 0.1) is 23.3 Å². The van der Waals surface area contributed by atoms with Gasteiger partial charge in [-0.1, -0.05) is 11.6 Å². The largest absolute Gasteiger partial charge is 0.493 e. The third-order valence-corrected chi connectivity index (χ3v) is 5.06. The fourth-order valence-electron chi connectivity index (χ4n) is 2.68. The van der Waals surface area contributed by atoms with Gasteiger partial charge in [0.2, 0.25) is 0 Å². The average Bonchev–Trinajstić information content (AvgIpc) is 3.17. The zero-order valence-corrected chi connectivity index (χ0v) is 15.3. The van der Waals surface area contributed by atoms with Gasteiger partial charge in [0.15, 0.2) is 5.75 Å². The molecule has 4 aromatic rings. The van der Waals surface area contributed by atoms with Gasteiger partial charge < -0.3 is 15.8 Å². The second-order valence-electron chi connectivity index (χ2n) is 5.47. The van der Waals surface area contributed by atoms with Crippen LogP contribution >= 0.6 is 22.9 Å². The average molecular weight is 384 g/mol. The summed E-state index contributed by atoms with van der Waals surface area (Å²) in [5.74, 6) is 1.15. The van der Waals surface area contributed by atoms with Crippen LogP contribution in [0.4, 0.5) is 17.2 Å². The number of nitrogen functional groups attached to an aromatic ring is 1. The zero-order chi connectivity index (χ0) is 18.1. The molecular weight excluding hydrogens is 370 g/mol. The highest BCUT2D eigenvalue weighted by Gasteiger charge is 2.16. The fourth-order valence-corrected chi connectivity index (χ4v) is 3.73. The number of fused-ring (bicyclic) bond motifs is 1. The van der Waals surface area contributed by atoms with Gasteiger partial charge in [-0.2, -0.15) is 0 Å². The molecule has 0 fully saturated rings. The number of nitrogens with two attached hydrogens (primary N) is 1. The highest BCUT2D eigenvalue weighted by atomic mass is 35.5. The number of benzene rings is 2. The van der Waals surface area contributed by atoms with Crippen molar-refractivity contribution >= 4 is 51.0 Å². The Labute approximate surface area is 158 Å². The summed E-state index contributed by atoms with van der Waals surface area (Å²) in [6.45, 7) is 0. The maximum absolute atomic E-state index is 6.56. The molecule has 4 rings (SSSR count). The molecule has 3 N–H and O–H groups in total. The number of anilines is 3. The molecule has 0 amide bonds. The Balaban J connectivity index is 1.80. The predicted octanol–water partition coefficient (Wildman–Crippen LogP) is 4.74. The number of aromatic nitrogens is 3. The van der Waals surface area contributed by atoms with E-state index in [1.807, 2.05) is 29.6 Å². The first kappa shape index (κ1) is 16.6. The molecule has 130 valence electrons. The molecular formula is C18H14ClN5OS.